The van der Waals surface area contributed by atoms with Gasteiger partial charge in [0.25, 0.3) is 0 Å². The van der Waals surface area contributed by atoms with E-state index in [4.69, 9.17) is 10.5 Å². The van der Waals surface area contributed by atoms with Crippen molar-refractivity contribution < 1.29 is 9.53 Å². The molecule has 0 aliphatic carbocycles. The number of hydrogen-bond acceptors (Lipinski definition) is 7. The highest BCUT2D eigenvalue weighted by Gasteiger charge is 2.12. The summed E-state index contributed by atoms with van der Waals surface area (Å²) in [5.41, 5.74) is 6.55. The lowest BCUT2D eigenvalue weighted by molar-refractivity contribution is 0.0527. The summed E-state index contributed by atoms with van der Waals surface area (Å²) < 4.78 is 9.68. The normalized spacial score (nSPS) is 10.3. The largest absolute Gasteiger partial charge is 0.462 e. The van der Waals surface area contributed by atoms with Crippen molar-refractivity contribution in [2.75, 3.05) is 12.3 Å². The average molecular weight is 281 g/mol. The lowest BCUT2D eigenvalue weighted by atomic mass is 10.2. The zero-order valence-electron chi connectivity index (χ0n) is 9.62. The van der Waals surface area contributed by atoms with Crippen molar-refractivity contribution in [2.45, 2.75) is 16.2 Å². The summed E-state index contributed by atoms with van der Waals surface area (Å²) in [5.74, 6) is -0.408. The van der Waals surface area contributed by atoms with Gasteiger partial charge in [0.15, 0.2) is 4.34 Å². The number of nitrogens with two attached hydrogens (primary N) is 1. The van der Waals surface area contributed by atoms with Gasteiger partial charge < -0.3 is 10.5 Å². The van der Waals surface area contributed by atoms with Crippen LogP contribution in [0.1, 0.15) is 17.3 Å². The molecule has 0 saturated heterocycles. The molecule has 0 fully saturated rings. The minimum Gasteiger partial charge on any atom is -0.462 e. The maximum Gasteiger partial charge on any atom is 0.340 e. The van der Waals surface area contributed by atoms with E-state index in [1.54, 1.807) is 19.1 Å². The van der Waals surface area contributed by atoms with E-state index in [0.29, 0.717) is 17.9 Å². The summed E-state index contributed by atoms with van der Waals surface area (Å²) in [6, 6.07) is 5.24. The van der Waals surface area contributed by atoms with Gasteiger partial charge in [-0.05, 0) is 36.7 Å². The van der Waals surface area contributed by atoms with E-state index < -0.39 is 5.97 Å². The Morgan fingerprint density at radius 1 is 1.56 bits per heavy atom. The zero-order chi connectivity index (χ0) is 13.0. The fourth-order valence-electron chi connectivity index (χ4n) is 1.29. The Hall–Kier alpha value is -1.60. The molecule has 1 heterocycles. The molecule has 0 unspecified atom stereocenters. The average Bonchev–Trinajstić information content (AvgIpc) is 2.84. The van der Waals surface area contributed by atoms with Crippen LogP contribution in [0.2, 0.25) is 0 Å². The molecule has 0 bridgehead atoms. The molecule has 0 aliphatic heterocycles. The van der Waals surface area contributed by atoms with Crippen LogP contribution in [0, 0.1) is 0 Å². The fourth-order valence-corrected chi connectivity index (χ4v) is 2.75. The molecular formula is C11H11N3O2S2. The molecule has 2 N–H and O–H groups in total. The van der Waals surface area contributed by atoms with Gasteiger partial charge >= 0.3 is 5.97 Å². The number of carbonyl (C=O) groups excluding carboxylic acids is 1. The maximum atomic E-state index is 11.7. The molecule has 0 atom stereocenters. The van der Waals surface area contributed by atoms with Crippen LogP contribution in [0.4, 0.5) is 5.69 Å². The number of esters is 1. The van der Waals surface area contributed by atoms with E-state index >= 15 is 0 Å². The molecule has 1 aromatic heterocycles. The van der Waals surface area contributed by atoms with Gasteiger partial charge in [0.05, 0.1) is 12.2 Å². The molecule has 18 heavy (non-hydrogen) atoms. The minimum atomic E-state index is -0.408. The third-order valence-electron chi connectivity index (χ3n) is 2.07. The van der Waals surface area contributed by atoms with E-state index in [-0.39, 0.29) is 0 Å². The van der Waals surface area contributed by atoms with Crippen molar-refractivity contribution >= 4 is 35.0 Å². The molecule has 94 valence electrons. The lowest BCUT2D eigenvalue weighted by Crippen LogP contribution is -2.07. The highest BCUT2D eigenvalue weighted by atomic mass is 32.2. The Kier molecular flexibility index (Phi) is 4.16. The molecular weight excluding hydrogens is 270 g/mol. The first-order valence-electron chi connectivity index (χ1n) is 5.22. The van der Waals surface area contributed by atoms with Gasteiger partial charge in [-0.3, -0.25) is 0 Å². The van der Waals surface area contributed by atoms with E-state index in [1.165, 1.54) is 29.6 Å². The molecule has 0 radical (unpaired) electrons. The van der Waals surface area contributed by atoms with Crippen molar-refractivity contribution in [3.63, 3.8) is 0 Å². The van der Waals surface area contributed by atoms with Crippen molar-refractivity contribution in [1.29, 1.82) is 0 Å². The molecule has 7 heteroatoms. The molecule has 0 saturated carbocycles. The van der Waals surface area contributed by atoms with Gasteiger partial charge in [0.2, 0.25) is 0 Å². The second kappa shape index (κ2) is 5.83. The van der Waals surface area contributed by atoms with Crippen molar-refractivity contribution in [1.82, 2.24) is 9.36 Å². The Balaban J connectivity index is 2.23. The van der Waals surface area contributed by atoms with Crippen molar-refractivity contribution in [3.8, 4) is 0 Å². The van der Waals surface area contributed by atoms with E-state index in [2.05, 4.69) is 9.36 Å². The molecule has 0 aliphatic rings. The Labute approximate surface area is 113 Å². The standard InChI is InChI=1S/C11H11N3O2S2/c1-2-16-10(15)8-5-7(3-4-9(8)12)17-11-13-6-14-18-11/h3-6H,2,12H2,1H3. The first kappa shape index (κ1) is 12.8. The van der Waals surface area contributed by atoms with Crippen LogP contribution in [-0.2, 0) is 4.74 Å². The maximum absolute atomic E-state index is 11.7. The lowest BCUT2D eigenvalue weighted by Gasteiger charge is -2.06. The molecule has 0 amide bonds. The number of aromatic nitrogens is 2. The van der Waals surface area contributed by atoms with Crippen LogP contribution in [0.5, 0.6) is 0 Å². The van der Waals surface area contributed by atoms with Crippen LogP contribution >= 0.6 is 23.3 Å². The van der Waals surface area contributed by atoms with E-state index in [0.717, 1.165) is 9.24 Å². The smallest absolute Gasteiger partial charge is 0.340 e. The Morgan fingerprint density at radius 3 is 3.06 bits per heavy atom. The number of anilines is 1. The summed E-state index contributed by atoms with van der Waals surface area (Å²) in [4.78, 5) is 16.6. The monoisotopic (exact) mass is 281 g/mol. The van der Waals surface area contributed by atoms with E-state index in [9.17, 15) is 4.79 Å². The van der Waals surface area contributed by atoms with Crippen LogP contribution < -0.4 is 5.73 Å². The number of benzene rings is 1. The number of nitrogens with zero attached hydrogens (tertiary/aromatic N) is 2. The van der Waals surface area contributed by atoms with E-state index in [1.807, 2.05) is 6.07 Å². The second-order valence-corrected chi connectivity index (χ2v) is 5.38. The fraction of sp³-hybridized carbons (Fsp3) is 0.182. The van der Waals surface area contributed by atoms with Crippen LogP contribution in [-0.4, -0.2) is 21.9 Å². The summed E-state index contributed by atoms with van der Waals surface area (Å²) in [7, 11) is 0. The van der Waals surface area contributed by atoms with Gasteiger partial charge in [-0.15, -0.1) is 0 Å². The van der Waals surface area contributed by atoms with Crippen molar-refractivity contribution in [2.24, 2.45) is 0 Å². The quantitative estimate of drug-likeness (QED) is 0.685. The second-order valence-electron chi connectivity index (χ2n) is 3.28. The Bertz CT molecular complexity index is 543. The SMILES string of the molecule is CCOC(=O)c1cc(Sc2ncns2)ccc1N. The van der Waals surface area contributed by atoms with Gasteiger partial charge in [-0.2, -0.15) is 4.37 Å². The first-order chi connectivity index (χ1) is 8.70. The number of carbonyl (C=O) groups is 1. The number of nitrogen functional groups attached to an aromatic ring is 1. The van der Waals surface area contributed by atoms with Gasteiger partial charge in [0, 0.05) is 10.6 Å². The summed E-state index contributed by atoms with van der Waals surface area (Å²) in [6.07, 6.45) is 1.50. The van der Waals surface area contributed by atoms with Gasteiger partial charge in [-0.25, -0.2) is 9.78 Å². The molecule has 1 aromatic carbocycles. The van der Waals surface area contributed by atoms with Crippen LogP contribution in [0.3, 0.4) is 0 Å². The topological polar surface area (TPSA) is 78.1 Å². The molecule has 5 nitrogen and oxygen atoms in total. The first-order valence-corrected chi connectivity index (χ1v) is 6.81. The number of rotatable bonds is 4. The predicted molar refractivity (Wildman–Crippen MR) is 70.8 cm³/mol. The summed E-state index contributed by atoms with van der Waals surface area (Å²) in [6.45, 7) is 2.08. The minimum absolute atomic E-state index is 0.325. The zero-order valence-corrected chi connectivity index (χ0v) is 11.3. The molecule has 0 spiro atoms. The van der Waals surface area contributed by atoms with Gasteiger partial charge in [-0.1, -0.05) is 11.8 Å². The Morgan fingerprint density at radius 2 is 2.39 bits per heavy atom. The predicted octanol–water partition coefficient (Wildman–Crippen LogP) is 2.45. The molecule has 2 aromatic rings. The van der Waals surface area contributed by atoms with Crippen LogP contribution in [0.25, 0.3) is 0 Å². The van der Waals surface area contributed by atoms with Gasteiger partial charge in [0.1, 0.15) is 6.33 Å². The summed E-state index contributed by atoms with van der Waals surface area (Å²) in [5, 5.41) is 0. The highest BCUT2D eigenvalue weighted by molar-refractivity contribution is 8.01. The number of ether oxygens (including phenoxy) is 1. The number of hydrogen-bond donors (Lipinski definition) is 1. The van der Waals surface area contributed by atoms with Crippen molar-refractivity contribution in [3.05, 3.63) is 30.1 Å². The third-order valence-corrected chi connectivity index (χ3v) is 3.77. The highest BCUT2D eigenvalue weighted by Crippen LogP contribution is 2.30. The van der Waals surface area contributed by atoms with Crippen LogP contribution in [0.15, 0.2) is 33.8 Å². The summed E-state index contributed by atoms with van der Waals surface area (Å²) >= 11 is 2.74. The third kappa shape index (κ3) is 2.99. The molecule has 2 rings (SSSR count).